The molecule has 0 atom stereocenters. The maximum absolute atomic E-state index is 13.0. The minimum absolute atomic E-state index is 0.143. The summed E-state index contributed by atoms with van der Waals surface area (Å²) in [5, 5.41) is 16.4. The largest absolute Gasteiger partial charge is 0.324 e. The maximum atomic E-state index is 13.0. The van der Waals surface area contributed by atoms with Gasteiger partial charge in [-0.2, -0.15) is 10.2 Å². The molecule has 1 aliphatic rings. The predicted molar refractivity (Wildman–Crippen MR) is 123 cm³/mol. The van der Waals surface area contributed by atoms with Crippen LogP contribution >= 0.6 is 0 Å². The molecule has 0 saturated heterocycles. The molecular formula is C24H23N7O. The topological polar surface area (TPSA) is 101 Å². The summed E-state index contributed by atoms with van der Waals surface area (Å²) in [4.78, 5) is 22.1. The average Bonchev–Trinajstić information content (AvgIpc) is 3.09. The number of fused-ring (bicyclic) bond motifs is 2. The summed E-state index contributed by atoms with van der Waals surface area (Å²) >= 11 is 0. The first kappa shape index (κ1) is 20.0. The fraction of sp³-hybridized carbons (Fsp3) is 0.250. The van der Waals surface area contributed by atoms with E-state index in [1.165, 1.54) is 11.1 Å². The lowest BCUT2D eigenvalue weighted by Gasteiger charge is -2.18. The van der Waals surface area contributed by atoms with Crippen LogP contribution in [0.25, 0.3) is 16.7 Å². The molecule has 8 nitrogen and oxygen atoms in total. The first-order chi connectivity index (χ1) is 15.6. The van der Waals surface area contributed by atoms with Crippen molar-refractivity contribution in [1.29, 1.82) is 5.26 Å². The molecule has 0 fully saturated rings. The third-order valence-corrected chi connectivity index (χ3v) is 5.90. The fourth-order valence-corrected chi connectivity index (χ4v) is 4.23. The van der Waals surface area contributed by atoms with Gasteiger partial charge in [-0.1, -0.05) is 6.07 Å². The molecular weight excluding hydrogens is 402 g/mol. The Bertz CT molecular complexity index is 1440. The van der Waals surface area contributed by atoms with Crippen LogP contribution in [0.4, 0.5) is 11.6 Å². The van der Waals surface area contributed by atoms with E-state index in [0.717, 1.165) is 36.4 Å². The van der Waals surface area contributed by atoms with Crippen LogP contribution in [0.15, 0.2) is 47.4 Å². The summed E-state index contributed by atoms with van der Waals surface area (Å²) in [7, 11) is 0. The standard InChI is InChI=1S/C24H23N7O/c1-3-30-23(32)21-14-27-24(28-19-6-4-16-8-9-26-13-18(16)11-19)29-22(21)31(30)20-7-5-17(12-25)15(2)10-20/h4-7,10-11,14,26H,3,8-9,13H2,1-2H3,(H,27,28,29). The summed E-state index contributed by atoms with van der Waals surface area (Å²) in [6.07, 6.45) is 2.60. The summed E-state index contributed by atoms with van der Waals surface area (Å²) in [6.45, 7) is 6.13. The molecule has 2 aromatic carbocycles. The van der Waals surface area contributed by atoms with Gasteiger partial charge in [0, 0.05) is 25.0 Å². The van der Waals surface area contributed by atoms with Crippen LogP contribution in [-0.2, 0) is 19.5 Å². The lowest BCUT2D eigenvalue weighted by molar-refractivity contribution is 0.575. The summed E-state index contributed by atoms with van der Waals surface area (Å²) in [6, 6.07) is 14.0. The second-order valence-corrected chi connectivity index (χ2v) is 7.91. The molecule has 2 N–H and O–H groups in total. The van der Waals surface area contributed by atoms with Crippen molar-refractivity contribution < 1.29 is 0 Å². The van der Waals surface area contributed by atoms with Gasteiger partial charge in [0.25, 0.3) is 5.56 Å². The Kier molecular flexibility index (Phi) is 4.96. The van der Waals surface area contributed by atoms with Gasteiger partial charge in [0.15, 0.2) is 5.65 Å². The van der Waals surface area contributed by atoms with Crippen LogP contribution in [0.5, 0.6) is 0 Å². The molecule has 0 radical (unpaired) electrons. The minimum Gasteiger partial charge on any atom is -0.324 e. The molecule has 3 heterocycles. The Morgan fingerprint density at radius 2 is 2.09 bits per heavy atom. The Morgan fingerprint density at radius 3 is 2.88 bits per heavy atom. The molecule has 0 saturated carbocycles. The Labute approximate surface area is 185 Å². The van der Waals surface area contributed by atoms with Gasteiger partial charge in [-0.15, -0.1) is 0 Å². The zero-order valence-corrected chi connectivity index (χ0v) is 18.0. The van der Waals surface area contributed by atoms with Crippen molar-refractivity contribution in [3.63, 3.8) is 0 Å². The third-order valence-electron chi connectivity index (χ3n) is 5.90. The smallest absolute Gasteiger partial charge is 0.278 e. The van der Waals surface area contributed by atoms with Crippen LogP contribution in [0.2, 0.25) is 0 Å². The van der Waals surface area contributed by atoms with Crippen molar-refractivity contribution in [2.24, 2.45) is 0 Å². The van der Waals surface area contributed by atoms with E-state index >= 15 is 0 Å². The summed E-state index contributed by atoms with van der Waals surface area (Å²) in [5.41, 5.74) is 6.14. The Hall–Kier alpha value is -3.96. The second-order valence-electron chi connectivity index (χ2n) is 7.91. The number of aromatic nitrogens is 4. The van der Waals surface area contributed by atoms with E-state index in [-0.39, 0.29) is 5.56 Å². The molecule has 4 aromatic rings. The first-order valence-electron chi connectivity index (χ1n) is 10.7. The van der Waals surface area contributed by atoms with Crippen molar-refractivity contribution in [3.05, 3.63) is 75.2 Å². The highest BCUT2D eigenvalue weighted by molar-refractivity contribution is 5.77. The van der Waals surface area contributed by atoms with Crippen molar-refractivity contribution in [2.75, 3.05) is 11.9 Å². The minimum atomic E-state index is -0.143. The highest BCUT2D eigenvalue weighted by Crippen LogP contribution is 2.23. The molecule has 0 amide bonds. The number of aryl methyl sites for hydroxylation is 1. The van der Waals surface area contributed by atoms with E-state index in [2.05, 4.69) is 33.8 Å². The number of nitrogens with zero attached hydrogens (tertiary/aromatic N) is 5. The van der Waals surface area contributed by atoms with Crippen molar-refractivity contribution in [3.8, 4) is 11.8 Å². The molecule has 2 aromatic heterocycles. The van der Waals surface area contributed by atoms with Gasteiger partial charge in [-0.25, -0.2) is 14.3 Å². The summed E-state index contributed by atoms with van der Waals surface area (Å²) < 4.78 is 3.43. The predicted octanol–water partition coefficient (Wildman–Crippen LogP) is 3.17. The van der Waals surface area contributed by atoms with Gasteiger partial charge in [0.05, 0.1) is 17.3 Å². The number of nitrogens with one attached hydrogen (secondary N) is 2. The monoisotopic (exact) mass is 425 g/mol. The van der Waals surface area contributed by atoms with E-state index in [1.807, 2.05) is 32.0 Å². The number of rotatable bonds is 4. The molecule has 32 heavy (non-hydrogen) atoms. The fourth-order valence-electron chi connectivity index (χ4n) is 4.23. The van der Waals surface area contributed by atoms with E-state index in [4.69, 9.17) is 4.98 Å². The molecule has 0 unspecified atom stereocenters. The van der Waals surface area contributed by atoms with Gasteiger partial charge in [0.1, 0.15) is 5.39 Å². The van der Waals surface area contributed by atoms with Gasteiger partial charge < -0.3 is 10.6 Å². The average molecular weight is 425 g/mol. The number of benzene rings is 2. The van der Waals surface area contributed by atoms with Crippen LogP contribution in [-0.4, -0.2) is 25.9 Å². The van der Waals surface area contributed by atoms with Gasteiger partial charge in [-0.3, -0.25) is 4.79 Å². The van der Waals surface area contributed by atoms with Crippen LogP contribution in [0.1, 0.15) is 29.2 Å². The maximum Gasteiger partial charge on any atom is 0.278 e. The van der Waals surface area contributed by atoms with Crippen molar-refractivity contribution in [2.45, 2.75) is 33.4 Å². The molecule has 1 aliphatic heterocycles. The SMILES string of the molecule is CCn1c(=O)c2cnc(Nc3ccc4c(c3)CNCC4)nc2n1-c1ccc(C#N)c(C)c1. The first-order valence-corrected chi connectivity index (χ1v) is 10.7. The number of hydrogen-bond donors (Lipinski definition) is 2. The Morgan fingerprint density at radius 1 is 1.22 bits per heavy atom. The third kappa shape index (κ3) is 3.33. The number of anilines is 2. The van der Waals surface area contributed by atoms with Crippen molar-refractivity contribution in [1.82, 2.24) is 24.6 Å². The van der Waals surface area contributed by atoms with Gasteiger partial charge in [-0.05, 0) is 73.8 Å². The lowest BCUT2D eigenvalue weighted by atomic mass is 10.0. The van der Waals surface area contributed by atoms with Crippen molar-refractivity contribution >= 4 is 22.7 Å². The van der Waals surface area contributed by atoms with E-state index < -0.39 is 0 Å². The highest BCUT2D eigenvalue weighted by Gasteiger charge is 2.17. The lowest BCUT2D eigenvalue weighted by Crippen LogP contribution is -2.23. The van der Waals surface area contributed by atoms with E-state index in [9.17, 15) is 10.1 Å². The molecule has 8 heteroatoms. The Balaban J connectivity index is 1.60. The molecule has 160 valence electrons. The quantitative estimate of drug-likeness (QED) is 0.521. The second kappa shape index (κ2) is 7.94. The number of hydrogen-bond acceptors (Lipinski definition) is 6. The van der Waals surface area contributed by atoms with E-state index in [0.29, 0.717) is 29.1 Å². The van der Waals surface area contributed by atoms with Crippen LogP contribution in [0.3, 0.4) is 0 Å². The van der Waals surface area contributed by atoms with Crippen LogP contribution < -0.4 is 16.2 Å². The zero-order valence-electron chi connectivity index (χ0n) is 18.0. The van der Waals surface area contributed by atoms with Crippen LogP contribution in [0, 0.1) is 18.3 Å². The normalized spacial score (nSPS) is 13.0. The zero-order chi connectivity index (χ0) is 22.2. The molecule has 0 bridgehead atoms. The van der Waals surface area contributed by atoms with E-state index in [1.54, 1.807) is 21.6 Å². The van der Waals surface area contributed by atoms with Gasteiger partial charge >= 0.3 is 0 Å². The number of nitriles is 1. The highest BCUT2D eigenvalue weighted by atomic mass is 16.1. The molecule has 0 spiro atoms. The van der Waals surface area contributed by atoms with Gasteiger partial charge in [0.2, 0.25) is 5.95 Å². The molecule has 0 aliphatic carbocycles. The molecule has 5 rings (SSSR count). The summed E-state index contributed by atoms with van der Waals surface area (Å²) in [5.74, 6) is 0.425.